The molecule has 2 fully saturated rings. The van der Waals surface area contributed by atoms with Crippen LogP contribution in [0, 0.1) is 23.7 Å². The van der Waals surface area contributed by atoms with Crippen molar-refractivity contribution >= 4 is 23.3 Å². The Morgan fingerprint density at radius 3 is 2.29 bits per heavy atom. The van der Waals surface area contributed by atoms with E-state index in [9.17, 15) is 14.4 Å². The van der Waals surface area contributed by atoms with Gasteiger partial charge < -0.3 is 14.8 Å². The summed E-state index contributed by atoms with van der Waals surface area (Å²) in [4.78, 5) is 38.2. The monoisotopic (exact) mass is 421 g/mol. The molecule has 1 amide bonds. The number of hydrogen-bond donors (Lipinski definition) is 1. The normalized spacial score (nSPS) is 23.9. The number of benzene rings is 2. The molecule has 1 N–H and O–H groups in total. The topological polar surface area (TPSA) is 81.7 Å². The van der Waals surface area contributed by atoms with E-state index in [4.69, 9.17) is 9.47 Å². The molecule has 0 heterocycles. The molecule has 4 rings (SSSR count). The van der Waals surface area contributed by atoms with E-state index < -0.39 is 17.8 Å². The first-order chi connectivity index (χ1) is 15.1. The molecule has 0 saturated heterocycles. The second-order valence-electron chi connectivity index (χ2n) is 8.23. The lowest BCUT2D eigenvalue weighted by atomic mass is 9.75. The van der Waals surface area contributed by atoms with Crippen LogP contribution in [0.1, 0.15) is 36.5 Å². The van der Waals surface area contributed by atoms with Gasteiger partial charge in [0.05, 0.1) is 12.5 Å². The molecule has 0 aromatic heterocycles. The van der Waals surface area contributed by atoms with Gasteiger partial charge in [0.25, 0.3) is 5.91 Å². The third-order valence-electron chi connectivity index (χ3n) is 6.34. The smallest absolute Gasteiger partial charge is 0.310 e. The standard InChI is InChI=1S/C25H27NO5/c1-2-30-20-12-10-19(11-13-20)26-21(27)15-31-25(29)23-18-9-8-17(14-18)22(23)24(28)16-6-4-3-5-7-16/h3-7,10-13,17-18,22-23H,2,8-9,14-15H2,1H3,(H,26,27)/t17-,18-,22+,23-/m0/s1. The molecule has 0 spiro atoms. The minimum absolute atomic E-state index is 0.00795. The first-order valence-electron chi connectivity index (χ1n) is 10.9. The Morgan fingerprint density at radius 2 is 1.61 bits per heavy atom. The van der Waals surface area contributed by atoms with Crippen molar-refractivity contribution in [2.24, 2.45) is 23.7 Å². The maximum absolute atomic E-state index is 13.1. The SMILES string of the molecule is CCOc1ccc(NC(=O)COC(=O)[C@H]2[C@H]3CC[C@@H](C3)[C@H]2C(=O)c2ccccc2)cc1. The van der Waals surface area contributed by atoms with Crippen LogP contribution in [-0.2, 0) is 14.3 Å². The van der Waals surface area contributed by atoms with E-state index in [-0.39, 0.29) is 30.1 Å². The Morgan fingerprint density at radius 1 is 0.935 bits per heavy atom. The molecular weight excluding hydrogens is 394 g/mol. The largest absolute Gasteiger partial charge is 0.494 e. The molecule has 6 heteroatoms. The van der Waals surface area contributed by atoms with Crippen LogP contribution in [0.5, 0.6) is 5.75 Å². The Balaban J connectivity index is 1.35. The Kier molecular flexibility index (Phi) is 6.35. The number of nitrogens with one attached hydrogen (secondary N) is 1. The lowest BCUT2D eigenvalue weighted by Gasteiger charge is -2.28. The first kappa shape index (κ1) is 21.1. The summed E-state index contributed by atoms with van der Waals surface area (Å²) in [7, 11) is 0. The molecule has 31 heavy (non-hydrogen) atoms. The zero-order chi connectivity index (χ0) is 21.8. The predicted molar refractivity (Wildman–Crippen MR) is 116 cm³/mol. The molecule has 2 aliphatic rings. The van der Waals surface area contributed by atoms with Gasteiger partial charge in [-0.1, -0.05) is 30.3 Å². The van der Waals surface area contributed by atoms with Crippen LogP contribution in [0.25, 0.3) is 0 Å². The second kappa shape index (κ2) is 9.33. The lowest BCUT2D eigenvalue weighted by molar-refractivity contribution is -0.154. The van der Waals surface area contributed by atoms with Crippen LogP contribution in [-0.4, -0.2) is 30.9 Å². The maximum Gasteiger partial charge on any atom is 0.310 e. The minimum atomic E-state index is -0.468. The van der Waals surface area contributed by atoms with Gasteiger partial charge in [-0.3, -0.25) is 14.4 Å². The summed E-state index contributed by atoms with van der Waals surface area (Å²) < 4.78 is 10.7. The Hall–Kier alpha value is -3.15. The fourth-order valence-electron chi connectivity index (χ4n) is 5.03. The van der Waals surface area contributed by atoms with Gasteiger partial charge in [0, 0.05) is 17.2 Å². The molecule has 2 aromatic carbocycles. The fourth-order valence-corrected chi connectivity index (χ4v) is 5.03. The van der Waals surface area contributed by atoms with Crippen molar-refractivity contribution in [2.75, 3.05) is 18.5 Å². The number of Topliss-reactive ketones (excluding diaryl/α,β-unsaturated/α-hetero) is 1. The summed E-state index contributed by atoms with van der Waals surface area (Å²) in [5.74, 6) is -0.578. The summed E-state index contributed by atoms with van der Waals surface area (Å²) in [5, 5.41) is 2.71. The molecule has 4 atom stereocenters. The van der Waals surface area contributed by atoms with Gasteiger partial charge in [0.1, 0.15) is 5.75 Å². The molecule has 2 bridgehead atoms. The van der Waals surface area contributed by atoms with E-state index in [1.54, 1.807) is 36.4 Å². The van der Waals surface area contributed by atoms with Gasteiger partial charge >= 0.3 is 5.97 Å². The molecule has 0 unspecified atom stereocenters. The van der Waals surface area contributed by atoms with Crippen molar-refractivity contribution in [1.82, 2.24) is 0 Å². The van der Waals surface area contributed by atoms with Crippen LogP contribution >= 0.6 is 0 Å². The van der Waals surface area contributed by atoms with Crippen molar-refractivity contribution in [3.8, 4) is 5.75 Å². The third kappa shape index (κ3) is 4.63. The molecule has 162 valence electrons. The van der Waals surface area contributed by atoms with Gasteiger partial charge in [0.15, 0.2) is 12.4 Å². The molecule has 2 aliphatic carbocycles. The first-order valence-corrected chi connectivity index (χ1v) is 10.9. The number of rotatable bonds is 8. The van der Waals surface area contributed by atoms with Crippen molar-refractivity contribution < 1.29 is 23.9 Å². The highest BCUT2D eigenvalue weighted by Crippen LogP contribution is 2.53. The molecular formula is C25H27NO5. The average Bonchev–Trinajstić information content (AvgIpc) is 3.41. The minimum Gasteiger partial charge on any atom is -0.494 e. The number of fused-ring (bicyclic) bond motifs is 2. The number of carbonyl (C=O) groups is 3. The highest BCUT2D eigenvalue weighted by Gasteiger charge is 2.54. The summed E-state index contributed by atoms with van der Waals surface area (Å²) in [6, 6.07) is 16.1. The average molecular weight is 421 g/mol. The number of carbonyl (C=O) groups excluding carboxylic acids is 3. The number of esters is 1. The second-order valence-corrected chi connectivity index (χ2v) is 8.23. The quantitative estimate of drug-likeness (QED) is 0.512. The third-order valence-corrected chi connectivity index (χ3v) is 6.34. The number of ether oxygens (including phenoxy) is 2. The summed E-state index contributed by atoms with van der Waals surface area (Å²) in [6.45, 7) is 2.10. The van der Waals surface area contributed by atoms with Crippen LogP contribution in [0.3, 0.4) is 0 Å². The van der Waals surface area contributed by atoms with Gasteiger partial charge in [0.2, 0.25) is 0 Å². The number of anilines is 1. The number of ketones is 1. The van der Waals surface area contributed by atoms with Gasteiger partial charge in [-0.2, -0.15) is 0 Å². The van der Waals surface area contributed by atoms with Crippen LogP contribution < -0.4 is 10.1 Å². The predicted octanol–water partition coefficient (Wildman–Crippen LogP) is 4.11. The van der Waals surface area contributed by atoms with Crippen molar-refractivity contribution in [2.45, 2.75) is 26.2 Å². The summed E-state index contributed by atoms with van der Waals surface area (Å²) in [5.41, 5.74) is 1.23. The zero-order valence-electron chi connectivity index (χ0n) is 17.6. The van der Waals surface area contributed by atoms with E-state index >= 15 is 0 Å². The molecule has 6 nitrogen and oxygen atoms in total. The molecule has 0 radical (unpaired) electrons. The maximum atomic E-state index is 13.1. The Bertz CT molecular complexity index is 940. The summed E-state index contributed by atoms with van der Waals surface area (Å²) >= 11 is 0. The summed E-state index contributed by atoms with van der Waals surface area (Å²) in [6.07, 6.45) is 2.78. The van der Waals surface area contributed by atoms with Crippen molar-refractivity contribution in [3.63, 3.8) is 0 Å². The molecule has 0 aliphatic heterocycles. The van der Waals surface area contributed by atoms with Crippen LogP contribution in [0.2, 0.25) is 0 Å². The van der Waals surface area contributed by atoms with E-state index in [2.05, 4.69) is 5.32 Å². The van der Waals surface area contributed by atoms with Crippen molar-refractivity contribution in [3.05, 3.63) is 60.2 Å². The van der Waals surface area contributed by atoms with Gasteiger partial charge in [-0.05, 0) is 62.3 Å². The van der Waals surface area contributed by atoms with E-state index in [0.29, 0.717) is 17.9 Å². The van der Waals surface area contributed by atoms with E-state index in [1.165, 1.54) is 0 Å². The number of hydrogen-bond acceptors (Lipinski definition) is 5. The van der Waals surface area contributed by atoms with Crippen molar-refractivity contribution in [1.29, 1.82) is 0 Å². The molecule has 2 aromatic rings. The van der Waals surface area contributed by atoms with Gasteiger partial charge in [-0.15, -0.1) is 0 Å². The molecule has 2 saturated carbocycles. The highest BCUT2D eigenvalue weighted by atomic mass is 16.5. The zero-order valence-corrected chi connectivity index (χ0v) is 17.6. The lowest BCUT2D eigenvalue weighted by Crippen LogP contribution is -2.37. The van der Waals surface area contributed by atoms with E-state index in [0.717, 1.165) is 25.0 Å². The van der Waals surface area contributed by atoms with E-state index in [1.807, 2.05) is 25.1 Å². The van der Waals surface area contributed by atoms with Crippen LogP contribution in [0.4, 0.5) is 5.69 Å². The Labute approximate surface area is 181 Å². The number of amides is 1. The van der Waals surface area contributed by atoms with Crippen LogP contribution in [0.15, 0.2) is 54.6 Å². The fraction of sp³-hybridized carbons (Fsp3) is 0.400. The highest BCUT2D eigenvalue weighted by molar-refractivity contribution is 6.01. The van der Waals surface area contributed by atoms with Gasteiger partial charge in [-0.25, -0.2) is 0 Å².